The summed E-state index contributed by atoms with van der Waals surface area (Å²) < 4.78 is 0. The maximum atomic E-state index is 12.5. The smallest absolute Gasteiger partial charge is 0.256 e. The van der Waals surface area contributed by atoms with Gasteiger partial charge in [0, 0.05) is 23.3 Å². The van der Waals surface area contributed by atoms with Crippen LogP contribution in [0.3, 0.4) is 0 Å². The quantitative estimate of drug-likeness (QED) is 0.762. The predicted octanol–water partition coefficient (Wildman–Crippen LogP) is 2.04. The summed E-state index contributed by atoms with van der Waals surface area (Å²) in [4.78, 5) is 25.0. The lowest BCUT2D eigenvalue weighted by molar-refractivity contribution is -0.118. The number of benzene rings is 1. The van der Waals surface area contributed by atoms with Crippen molar-refractivity contribution >= 4 is 23.6 Å². The van der Waals surface area contributed by atoms with Crippen molar-refractivity contribution < 1.29 is 14.7 Å². The second kappa shape index (κ2) is 7.85. The topological polar surface area (TPSA) is 78.4 Å². The van der Waals surface area contributed by atoms with Crippen LogP contribution in [0.25, 0.3) is 0 Å². The highest BCUT2D eigenvalue weighted by Gasteiger charge is 2.40. The summed E-state index contributed by atoms with van der Waals surface area (Å²) in [7, 11) is 0. The van der Waals surface area contributed by atoms with E-state index in [9.17, 15) is 9.59 Å². The molecule has 1 aliphatic carbocycles. The Labute approximate surface area is 145 Å². The highest BCUT2D eigenvalue weighted by molar-refractivity contribution is 8.04. The first kappa shape index (κ1) is 17.0. The molecule has 24 heavy (non-hydrogen) atoms. The molecular weight excluding hydrogens is 324 g/mol. The maximum absolute atomic E-state index is 12.5. The zero-order chi connectivity index (χ0) is 16.9. The zero-order valence-corrected chi connectivity index (χ0v) is 14.3. The van der Waals surface area contributed by atoms with E-state index in [0.717, 1.165) is 19.3 Å². The number of hydrogen-bond donors (Lipinski definition) is 3. The van der Waals surface area contributed by atoms with Crippen molar-refractivity contribution in [2.45, 2.75) is 30.9 Å². The third-order valence-electron chi connectivity index (χ3n) is 4.49. The normalized spacial score (nSPS) is 22.9. The lowest BCUT2D eigenvalue weighted by atomic mass is 9.83. The van der Waals surface area contributed by atoms with Crippen molar-refractivity contribution in [3.05, 3.63) is 46.5 Å². The average Bonchev–Trinajstić information content (AvgIpc) is 2.98. The Morgan fingerprint density at radius 1 is 1.12 bits per heavy atom. The van der Waals surface area contributed by atoms with Crippen molar-refractivity contribution in [1.29, 1.82) is 0 Å². The maximum Gasteiger partial charge on any atom is 0.256 e. The van der Waals surface area contributed by atoms with Gasteiger partial charge in [0.15, 0.2) is 0 Å². The molecule has 5 nitrogen and oxygen atoms in total. The van der Waals surface area contributed by atoms with Crippen LogP contribution < -0.4 is 10.6 Å². The molecule has 0 bridgehead atoms. The monoisotopic (exact) mass is 346 g/mol. The first-order valence-electron chi connectivity index (χ1n) is 8.37. The van der Waals surface area contributed by atoms with E-state index in [1.54, 1.807) is 23.9 Å². The van der Waals surface area contributed by atoms with Crippen LogP contribution in [0.5, 0.6) is 0 Å². The number of thioether (sulfide) groups is 1. The molecule has 128 valence electrons. The second-order valence-electron chi connectivity index (χ2n) is 6.09. The fourth-order valence-electron chi connectivity index (χ4n) is 3.35. The van der Waals surface area contributed by atoms with Crippen LogP contribution in [0.4, 0.5) is 0 Å². The number of hydrogen-bond acceptors (Lipinski definition) is 4. The fourth-order valence-corrected chi connectivity index (χ4v) is 4.90. The molecule has 1 aliphatic heterocycles. The minimum Gasteiger partial charge on any atom is -0.395 e. The van der Waals surface area contributed by atoms with Gasteiger partial charge in [-0.05, 0) is 25.0 Å². The first-order chi connectivity index (χ1) is 11.7. The first-order valence-corrected chi connectivity index (χ1v) is 9.25. The van der Waals surface area contributed by atoms with Gasteiger partial charge in [0.1, 0.15) is 0 Å². The molecule has 2 amide bonds. The Hall–Kier alpha value is -1.79. The van der Waals surface area contributed by atoms with Gasteiger partial charge in [-0.25, -0.2) is 0 Å². The summed E-state index contributed by atoms with van der Waals surface area (Å²) in [6.45, 7) is 0.135. The van der Waals surface area contributed by atoms with Gasteiger partial charge >= 0.3 is 0 Å². The van der Waals surface area contributed by atoms with Crippen molar-refractivity contribution in [2.24, 2.45) is 5.92 Å². The molecule has 2 unspecified atom stereocenters. The van der Waals surface area contributed by atoms with Crippen LogP contribution in [0.1, 0.15) is 36.0 Å². The number of carbonyl (C=O) groups excluding carboxylic acids is 2. The number of nitrogens with one attached hydrogen (secondary N) is 2. The summed E-state index contributed by atoms with van der Waals surface area (Å²) in [5, 5.41) is 15.7. The number of aliphatic hydroxyl groups excluding tert-OH is 1. The molecule has 0 spiro atoms. The Morgan fingerprint density at radius 3 is 2.62 bits per heavy atom. The van der Waals surface area contributed by atoms with Gasteiger partial charge in [0.25, 0.3) is 5.91 Å². The summed E-state index contributed by atoms with van der Waals surface area (Å²) >= 11 is 1.61. The Morgan fingerprint density at radius 2 is 1.88 bits per heavy atom. The molecule has 1 fully saturated rings. The van der Waals surface area contributed by atoms with Gasteiger partial charge < -0.3 is 15.7 Å². The zero-order valence-electron chi connectivity index (χ0n) is 13.5. The molecule has 1 heterocycles. The summed E-state index contributed by atoms with van der Waals surface area (Å²) in [6, 6.07) is 9.02. The standard InChI is InChI=1S/C18H22N2O3S/c21-11-10-19-17(23)15-13-8-4-5-9-14(13)24-18(15)20-16(22)12-6-2-1-3-7-12/h1-3,6-7,13-14,21H,4-5,8-11H2,(H,19,23)(H,20,22). The van der Waals surface area contributed by atoms with Crippen LogP contribution in [-0.2, 0) is 4.79 Å². The van der Waals surface area contributed by atoms with Crippen molar-refractivity contribution in [3.63, 3.8) is 0 Å². The van der Waals surface area contributed by atoms with Crippen molar-refractivity contribution in [1.82, 2.24) is 10.6 Å². The van der Waals surface area contributed by atoms with Gasteiger partial charge in [-0.2, -0.15) is 0 Å². The molecule has 1 saturated carbocycles. The molecular formula is C18H22N2O3S. The summed E-state index contributed by atoms with van der Waals surface area (Å²) in [5.74, 6) is -0.174. The van der Waals surface area contributed by atoms with Crippen LogP contribution in [0, 0.1) is 5.92 Å². The lowest BCUT2D eigenvalue weighted by Crippen LogP contribution is -2.34. The third kappa shape index (κ3) is 3.65. The Bertz CT molecular complexity index is 645. The van der Waals surface area contributed by atoms with Crippen LogP contribution >= 0.6 is 11.8 Å². The van der Waals surface area contributed by atoms with E-state index in [2.05, 4.69) is 10.6 Å². The number of rotatable bonds is 5. The Kier molecular flexibility index (Phi) is 5.58. The summed E-state index contributed by atoms with van der Waals surface area (Å²) in [5.41, 5.74) is 1.26. The molecule has 0 saturated heterocycles. The average molecular weight is 346 g/mol. The molecule has 3 N–H and O–H groups in total. The van der Waals surface area contributed by atoms with E-state index < -0.39 is 0 Å². The number of carbonyl (C=O) groups is 2. The molecule has 6 heteroatoms. The van der Waals surface area contributed by atoms with E-state index in [-0.39, 0.29) is 30.9 Å². The molecule has 2 aliphatic rings. The second-order valence-corrected chi connectivity index (χ2v) is 7.34. The highest BCUT2D eigenvalue weighted by Crippen LogP contribution is 2.48. The molecule has 3 rings (SSSR count). The van der Waals surface area contributed by atoms with Gasteiger partial charge in [0.05, 0.1) is 17.2 Å². The Balaban J connectivity index is 1.82. The van der Waals surface area contributed by atoms with Gasteiger partial charge in [-0.1, -0.05) is 31.0 Å². The lowest BCUT2D eigenvalue weighted by Gasteiger charge is -2.25. The number of fused-ring (bicyclic) bond motifs is 1. The van der Waals surface area contributed by atoms with Gasteiger partial charge in [0.2, 0.25) is 5.91 Å². The van der Waals surface area contributed by atoms with E-state index in [0.29, 0.717) is 21.4 Å². The third-order valence-corrected chi connectivity index (χ3v) is 5.92. The van der Waals surface area contributed by atoms with Crippen molar-refractivity contribution in [2.75, 3.05) is 13.2 Å². The van der Waals surface area contributed by atoms with E-state index in [4.69, 9.17) is 5.11 Å². The SMILES string of the molecule is O=C(NCCO)C1=C(NC(=O)c2ccccc2)SC2CCCCC12. The van der Waals surface area contributed by atoms with Crippen molar-refractivity contribution in [3.8, 4) is 0 Å². The van der Waals surface area contributed by atoms with Crippen LogP contribution in [0.15, 0.2) is 40.9 Å². The van der Waals surface area contributed by atoms with E-state index in [1.165, 1.54) is 6.42 Å². The van der Waals surface area contributed by atoms with Crippen LogP contribution in [0.2, 0.25) is 0 Å². The van der Waals surface area contributed by atoms with Gasteiger partial charge in [-0.15, -0.1) is 11.8 Å². The van der Waals surface area contributed by atoms with E-state index >= 15 is 0 Å². The minimum atomic E-state index is -0.191. The number of amides is 2. The highest BCUT2D eigenvalue weighted by atomic mass is 32.2. The van der Waals surface area contributed by atoms with Crippen LogP contribution in [-0.4, -0.2) is 35.3 Å². The van der Waals surface area contributed by atoms with Gasteiger partial charge in [-0.3, -0.25) is 9.59 Å². The predicted molar refractivity (Wildman–Crippen MR) is 94.4 cm³/mol. The molecule has 0 aromatic heterocycles. The molecule has 1 aromatic carbocycles. The molecule has 0 radical (unpaired) electrons. The largest absolute Gasteiger partial charge is 0.395 e. The van der Waals surface area contributed by atoms with E-state index in [1.807, 2.05) is 18.2 Å². The number of aliphatic hydroxyl groups is 1. The fraction of sp³-hybridized carbons (Fsp3) is 0.444. The molecule has 1 aromatic rings. The summed E-state index contributed by atoms with van der Waals surface area (Å²) in [6.07, 6.45) is 4.32. The minimum absolute atomic E-state index is 0.0913. The molecule has 2 atom stereocenters.